The maximum Gasteiger partial charge on any atom is 0.305 e. The van der Waals surface area contributed by atoms with E-state index in [1.807, 2.05) is 36.4 Å². The maximum absolute atomic E-state index is 11.5. The molecule has 4 nitrogen and oxygen atoms in total. The van der Waals surface area contributed by atoms with Crippen LogP contribution in [0.2, 0.25) is 0 Å². The normalized spacial score (nSPS) is 14.7. The van der Waals surface area contributed by atoms with Crippen LogP contribution >= 0.6 is 0 Å². The van der Waals surface area contributed by atoms with E-state index in [2.05, 4.69) is 0 Å². The van der Waals surface area contributed by atoms with E-state index in [9.17, 15) is 9.90 Å². The summed E-state index contributed by atoms with van der Waals surface area (Å²) in [6, 6.07) is 13.6. The van der Waals surface area contributed by atoms with E-state index in [-0.39, 0.29) is 18.1 Å². The highest BCUT2D eigenvalue weighted by Gasteiger charge is 2.18. The zero-order chi connectivity index (χ0) is 19.1. The van der Waals surface area contributed by atoms with Gasteiger partial charge in [-0.1, -0.05) is 49.6 Å². The number of carbonyl (C=O) groups excluding carboxylic acids is 1. The maximum atomic E-state index is 11.5. The number of hydrogen-bond donors (Lipinski definition) is 1. The van der Waals surface area contributed by atoms with Crippen molar-refractivity contribution in [2.24, 2.45) is 5.92 Å². The largest absolute Gasteiger partial charge is 0.504 e. The number of esters is 1. The Bertz CT molecular complexity index is 748. The lowest BCUT2D eigenvalue weighted by Crippen LogP contribution is -2.15. The summed E-state index contributed by atoms with van der Waals surface area (Å²) >= 11 is 0. The molecular formula is C23H28O4. The molecule has 2 aromatic rings. The lowest BCUT2D eigenvalue weighted by atomic mass is 9.90. The first-order valence-corrected chi connectivity index (χ1v) is 9.78. The van der Waals surface area contributed by atoms with Gasteiger partial charge in [0, 0.05) is 12.0 Å². The molecule has 0 radical (unpaired) electrons. The van der Waals surface area contributed by atoms with E-state index in [0.29, 0.717) is 24.7 Å². The highest BCUT2D eigenvalue weighted by atomic mass is 16.5. The molecule has 27 heavy (non-hydrogen) atoms. The van der Waals surface area contributed by atoms with E-state index in [0.717, 1.165) is 16.7 Å². The standard InChI is InChI=1S/C23H28O4/c1-26-22(25)13-12-18-14-20(19-10-6-3-7-11-19)23(21(24)15-18)27-16-17-8-4-2-5-9-17/h3,6-7,10-11,14-15,17,24H,2,4-5,8-9,12-13,16H2,1H3. The Balaban J connectivity index is 1.84. The van der Waals surface area contributed by atoms with E-state index in [1.165, 1.54) is 39.2 Å². The summed E-state index contributed by atoms with van der Waals surface area (Å²) in [4.78, 5) is 11.5. The van der Waals surface area contributed by atoms with Crippen LogP contribution in [-0.2, 0) is 16.0 Å². The number of carbonyl (C=O) groups is 1. The van der Waals surface area contributed by atoms with Gasteiger partial charge in [-0.2, -0.15) is 0 Å². The second-order valence-corrected chi connectivity index (χ2v) is 7.25. The summed E-state index contributed by atoms with van der Waals surface area (Å²) in [7, 11) is 1.39. The zero-order valence-corrected chi connectivity index (χ0v) is 15.9. The fourth-order valence-corrected chi connectivity index (χ4v) is 3.70. The Labute approximate surface area is 161 Å². The fourth-order valence-electron chi connectivity index (χ4n) is 3.70. The molecule has 3 rings (SSSR count). The molecular weight excluding hydrogens is 340 g/mol. The molecule has 0 atom stereocenters. The quantitative estimate of drug-likeness (QED) is 0.689. The van der Waals surface area contributed by atoms with Gasteiger partial charge in [0.25, 0.3) is 0 Å². The van der Waals surface area contributed by atoms with Gasteiger partial charge in [-0.25, -0.2) is 0 Å². The average molecular weight is 368 g/mol. The fraction of sp³-hybridized carbons (Fsp3) is 0.435. The molecule has 0 bridgehead atoms. The molecule has 4 heteroatoms. The third-order valence-electron chi connectivity index (χ3n) is 5.25. The molecule has 1 aliphatic carbocycles. The Kier molecular flexibility index (Phi) is 6.74. The zero-order valence-electron chi connectivity index (χ0n) is 15.9. The molecule has 0 spiro atoms. The van der Waals surface area contributed by atoms with Gasteiger partial charge in [-0.3, -0.25) is 4.79 Å². The number of phenols is 1. The second-order valence-electron chi connectivity index (χ2n) is 7.25. The smallest absolute Gasteiger partial charge is 0.305 e. The number of rotatable bonds is 7. The van der Waals surface area contributed by atoms with Gasteiger partial charge >= 0.3 is 5.97 Å². The van der Waals surface area contributed by atoms with E-state index in [4.69, 9.17) is 9.47 Å². The van der Waals surface area contributed by atoms with Crippen LogP contribution in [-0.4, -0.2) is 24.8 Å². The van der Waals surface area contributed by atoms with Crippen LogP contribution in [0, 0.1) is 5.92 Å². The molecule has 0 amide bonds. The Hall–Kier alpha value is -2.49. The SMILES string of the molecule is COC(=O)CCc1cc(O)c(OCC2CCCCC2)c(-c2ccccc2)c1. The van der Waals surface area contributed by atoms with Crippen LogP contribution < -0.4 is 4.74 Å². The van der Waals surface area contributed by atoms with Gasteiger partial charge in [-0.05, 0) is 48.4 Å². The molecule has 144 valence electrons. The first kappa shape index (κ1) is 19.3. The molecule has 1 fully saturated rings. The predicted octanol–water partition coefficient (Wildman–Crippen LogP) is 5.12. The lowest BCUT2D eigenvalue weighted by Gasteiger charge is -2.23. The molecule has 0 saturated heterocycles. The van der Waals surface area contributed by atoms with E-state index >= 15 is 0 Å². The molecule has 1 aliphatic rings. The number of phenolic OH excluding ortho intramolecular Hbond substituents is 1. The minimum absolute atomic E-state index is 0.132. The first-order chi connectivity index (χ1) is 13.2. The van der Waals surface area contributed by atoms with Crippen LogP contribution in [0.15, 0.2) is 42.5 Å². The Morgan fingerprint density at radius 3 is 2.56 bits per heavy atom. The van der Waals surface area contributed by atoms with Gasteiger partial charge in [0.2, 0.25) is 0 Å². The van der Waals surface area contributed by atoms with E-state index in [1.54, 1.807) is 6.07 Å². The monoisotopic (exact) mass is 368 g/mol. The summed E-state index contributed by atoms with van der Waals surface area (Å²) < 4.78 is 10.8. The highest BCUT2D eigenvalue weighted by molar-refractivity contribution is 5.75. The van der Waals surface area contributed by atoms with Gasteiger partial charge in [0.05, 0.1) is 13.7 Å². The van der Waals surface area contributed by atoms with Crippen molar-refractivity contribution in [2.75, 3.05) is 13.7 Å². The highest BCUT2D eigenvalue weighted by Crippen LogP contribution is 2.40. The van der Waals surface area contributed by atoms with Crippen LogP contribution in [0.3, 0.4) is 0 Å². The van der Waals surface area contributed by atoms with Gasteiger partial charge in [0.1, 0.15) is 0 Å². The number of hydrogen-bond acceptors (Lipinski definition) is 4. The Morgan fingerprint density at radius 2 is 1.85 bits per heavy atom. The molecule has 1 saturated carbocycles. The third kappa shape index (κ3) is 5.25. The first-order valence-electron chi connectivity index (χ1n) is 9.78. The predicted molar refractivity (Wildman–Crippen MR) is 106 cm³/mol. The average Bonchev–Trinajstić information content (AvgIpc) is 2.72. The van der Waals surface area contributed by atoms with Crippen LogP contribution in [0.25, 0.3) is 11.1 Å². The summed E-state index contributed by atoms with van der Waals surface area (Å²) in [5, 5.41) is 10.6. The molecule has 0 unspecified atom stereocenters. The number of methoxy groups -OCH3 is 1. The van der Waals surface area contributed by atoms with Crippen LogP contribution in [0.4, 0.5) is 0 Å². The van der Waals surface area contributed by atoms with Crippen molar-refractivity contribution in [3.8, 4) is 22.6 Å². The van der Waals surface area contributed by atoms with Crippen LogP contribution in [0.1, 0.15) is 44.1 Å². The van der Waals surface area contributed by atoms with Gasteiger partial charge < -0.3 is 14.6 Å². The topological polar surface area (TPSA) is 55.8 Å². The lowest BCUT2D eigenvalue weighted by molar-refractivity contribution is -0.140. The third-order valence-corrected chi connectivity index (χ3v) is 5.25. The van der Waals surface area contributed by atoms with Crippen molar-refractivity contribution in [3.63, 3.8) is 0 Å². The van der Waals surface area contributed by atoms with Gasteiger partial charge in [-0.15, -0.1) is 0 Å². The summed E-state index contributed by atoms with van der Waals surface area (Å²) in [5.74, 6) is 0.967. The van der Waals surface area contributed by atoms with Crippen molar-refractivity contribution < 1.29 is 19.4 Å². The van der Waals surface area contributed by atoms with Crippen molar-refractivity contribution in [1.82, 2.24) is 0 Å². The summed E-state index contributed by atoms with van der Waals surface area (Å²) in [5.41, 5.74) is 2.75. The van der Waals surface area contributed by atoms with Crippen LogP contribution in [0.5, 0.6) is 11.5 Å². The Morgan fingerprint density at radius 1 is 1.11 bits per heavy atom. The number of benzene rings is 2. The summed E-state index contributed by atoms with van der Waals surface area (Å²) in [6.45, 7) is 0.634. The minimum Gasteiger partial charge on any atom is -0.504 e. The molecule has 0 aromatic heterocycles. The van der Waals surface area contributed by atoms with Crippen molar-refractivity contribution in [1.29, 1.82) is 0 Å². The minimum atomic E-state index is -0.256. The number of aryl methyl sites for hydroxylation is 1. The molecule has 1 N–H and O–H groups in total. The number of ether oxygens (including phenoxy) is 2. The van der Waals surface area contributed by atoms with Crippen molar-refractivity contribution >= 4 is 5.97 Å². The second kappa shape index (κ2) is 9.45. The molecule has 0 heterocycles. The molecule has 2 aromatic carbocycles. The van der Waals surface area contributed by atoms with E-state index < -0.39 is 0 Å². The van der Waals surface area contributed by atoms with Gasteiger partial charge in [0.15, 0.2) is 11.5 Å². The van der Waals surface area contributed by atoms with Crippen molar-refractivity contribution in [2.45, 2.75) is 44.9 Å². The number of aromatic hydroxyl groups is 1. The molecule has 0 aliphatic heterocycles. The van der Waals surface area contributed by atoms with Crippen molar-refractivity contribution in [3.05, 3.63) is 48.0 Å². The summed E-state index contributed by atoms with van der Waals surface area (Å²) in [6.07, 6.45) is 7.02.